The maximum Gasteiger partial charge on any atom is 0.284 e. The lowest BCUT2D eigenvalue weighted by Gasteiger charge is -2.26. The fourth-order valence-corrected chi connectivity index (χ4v) is 2.99. The third kappa shape index (κ3) is 2.25. The molecule has 0 bridgehead atoms. The fourth-order valence-electron chi connectivity index (χ4n) is 2.76. The molecule has 1 aliphatic carbocycles. The minimum atomic E-state index is 0.160. The third-order valence-corrected chi connectivity index (χ3v) is 3.53. The van der Waals surface area contributed by atoms with Crippen molar-refractivity contribution < 1.29 is 4.42 Å². The Morgan fingerprint density at radius 1 is 1.33 bits per heavy atom. The minimum absolute atomic E-state index is 0.160. The second-order valence-corrected chi connectivity index (χ2v) is 5.62. The van der Waals surface area contributed by atoms with Crippen LogP contribution in [0.2, 0.25) is 0 Å². The summed E-state index contributed by atoms with van der Waals surface area (Å²) in [4.78, 5) is 0.507. The second-order valence-electron chi connectivity index (χ2n) is 4.95. The molecule has 0 aromatic carbocycles. The van der Waals surface area contributed by atoms with E-state index in [9.17, 15) is 0 Å². The van der Waals surface area contributed by atoms with Crippen LogP contribution in [-0.2, 0) is 5.41 Å². The molecule has 4 heteroatoms. The van der Waals surface area contributed by atoms with Gasteiger partial charge in [0.25, 0.3) is 4.80 Å². The van der Waals surface area contributed by atoms with Crippen LogP contribution in [0.25, 0.3) is 0 Å². The van der Waals surface area contributed by atoms with Crippen molar-refractivity contribution in [2.75, 3.05) is 0 Å². The molecule has 84 valence electrons. The first-order valence-electron chi connectivity index (χ1n) is 5.62. The third-order valence-electron chi connectivity index (χ3n) is 3.21. The molecule has 0 N–H and O–H groups in total. The summed E-state index contributed by atoms with van der Waals surface area (Å²) in [7, 11) is 0. The number of halogens is 1. The number of aromatic nitrogens is 2. The molecular formula is C11H17BrN2O. The largest absolute Gasteiger partial charge is 0.415 e. The Morgan fingerprint density at radius 3 is 2.47 bits per heavy atom. The van der Waals surface area contributed by atoms with Crippen molar-refractivity contribution in [1.82, 2.24) is 10.2 Å². The Hall–Kier alpha value is -0.380. The maximum atomic E-state index is 5.57. The highest BCUT2D eigenvalue weighted by molar-refractivity contribution is 9.10. The molecule has 1 saturated carbocycles. The first-order valence-corrected chi connectivity index (χ1v) is 6.41. The lowest BCUT2D eigenvalue weighted by atomic mass is 9.78. The maximum absolute atomic E-state index is 5.57. The van der Waals surface area contributed by atoms with E-state index in [0.29, 0.717) is 10.7 Å². The Labute approximate surface area is 98.8 Å². The predicted molar refractivity (Wildman–Crippen MR) is 61.6 cm³/mol. The van der Waals surface area contributed by atoms with Crippen molar-refractivity contribution in [3.05, 3.63) is 10.7 Å². The number of rotatable bonds is 3. The van der Waals surface area contributed by atoms with Crippen molar-refractivity contribution in [3.8, 4) is 0 Å². The van der Waals surface area contributed by atoms with Gasteiger partial charge in [-0.05, 0) is 25.2 Å². The highest BCUT2D eigenvalue weighted by Gasteiger charge is 2.40. The van der Waals surface area contributed by atoms with Gasteiger partial charge < -0.3 is 4.42 Å². The van der Waals surface area contributed by atoms with Crippen LogP contribution in [0.3, 0.4) is 0 Å². The van der Waals surface area contributed by atoms with Crippen LogP contribution in [0.15, 0.2) is 9.22 Å². The quantitative estimate of drug-likeness (QED) is 0.843. The summed E-state index contributed by atoms with van der Waals surface area (Å²) in [5.41, 5.74) is 0.160. The second kappa shape index (κ2) is 4.24. The van der Waals surface area contributed by atoms with Gasteiger partial charge in [0.15, 0.2) is 0 Å². The van der Waals surface area contributed by atoms with Gasteiger partial charge in [-0.2, -0.15) is 0 Å². The van der Waals surface area contributed by atoms with Crippen LogP contribution in [-0.4, -0.2) is 10.2 Å². The van der Waals surface area contributed by atoms with E-state index in [1.807, 2.05) is 0 Å². The van der Waals surface area contributed by atoms with Gasteiger partial charge in [-0.3, -0.25) is 0 Å². The van der Waals surface area contributed by atoms with Gasteiger partial charge >= 0.3 is 0 Å². The Balaban J connectivity index is 2.26. The van der Waals surface area contributed by atoms with Crippen LogP contribution in [0.5, 0.6) is 0 Å². The van der Waals surface area contributed by atoms with E-state index in [2.05, 4.69) is 40.0 Å². The highest BCUT2D eigenvalue weighted by Crippen LogP contribution is 2.45. The molecule has 0 spiro atoms. The molecule has 0 saturated heterocycles. The summed E-state index contributed by atoms with van der Waals surface area (Å²) in [6.45, 7) is 4.51. The predicted octanol–water partition coefficient (Wildman–Crippen LogP) is 3.69. The zero-order valence-electron chi connectivity index (χ0n) is 9.29. The normalized spacial score (nSPS) is 20.0. The van der Waals surface area contributed by atoms with E-state index in [4.69, 9.17) is 4.42 Å². The van der Waals surface area contributed by atoms with Gasteiger partial charge in [-0.15, -0.1) is 10.2 Å². The summed E-state index contributed by atoms with van der Waals surface area (Å²) in [5.74, 6) is 1.51. The van der Waals surface area contributed by atoms with E-state index < -0.39 is 0 Å². The van der Waals surface area contributed by atoms with Crippen molar-refractivity contribution in [2.45, 2.75) is 51.4 Å². The molecule has 1 aromatic heterocycles. The molecule has 0 unspecified atom stereocenters. The Kier molecular flexibility index (Phi) is 3.14. The van der Waals surface area contributed by atoms with Crippen molar-refractivity contribution >= 4 is 15.9 Å². The van der Waals surface area contributed by atoms with Gasteiger partial charge in [0.05, 0.1) is 0 Å². The molecule has 1 aliphatic rings. The first kappa shape index (κ1) is 11.1. The molecule has 1 heterocycles. The lowest BCUT2D eigenvalue weighted by molar-refractivity contribution is 0.270. The summed E-state index contributed by atoms with van der Waals surface area (Å²) < 4.78 is 5.57. The van der Waals surface area contributed by atoms with E-state index in [0.717, 1.165) is 12.3 Å². The molecule has 3 nitrogen and oxygen atoms in total. The monoisotopic (exact) mass is 272 g/mol. The fraction of sp³-hybridized carbons (Fsp3) is 0.818. The van der Waals surface area contributed by atoms with E-state index in [1.165, 1.54) is 25.7 Å². The standard InChI is InChI=1S/C11H17BrN2O/c1-8(2)7-11(5-3-4-6-11)9-13-14-10(12)15-9/h8H,3-7H2,1-2H3. The van der Waals surface area contributed by atoms with E-state index in [-0.39, 0.29) is 5.41 Å². The molecule has 0 amide bonds. The molecule has 15 heavy (non-hydrogen) atoms. The van der Waals surface area contributed by atoms with Gasteiger partial charge in [-0.1, -0.05) is 26.7 Å². The molecule has 1 aromatic rings. The summed E-state index contributed by atoms with van der Waals surface area (Å²) in [6, 6.07) is 0. The van der Waals surface area contributed by atoms with Crippen LogP contribution in [0.1, 0.15) is 51.8 Å². The van der Waals surface area contributed by atoms with Gasteiger partial charge in [0, 0.05) is 21.3 Å². The van der Waals surface area contributed by atoms with Crippen LogP contribution in [0.4, 0.5) is 0 Å². The Morgan fingerprint density at radius 2 is 2.00 bits per heavy atom. The number of hydrogen-bond acceptors (Lipinski definition) is 3. The van der Waals surface area contributed by atoms with Crippen molar-refractivity contribution in [3.63, 3.8) is 0 Å². The Bertz CT molecular complexity index is 329. The van der Waals surface area contributed by atoms with E-state index in [1.54, 1.807) is 0 Å². The molecular weight excluding hydrogens is 256 g/mol. The molecule has 1 fully saturated rings. The first-order chi connectivity index (χ1) is 7.12. The smallest absolute Gasteiger partial charge is 0.284 e. The SMILES string of the molecule is CC(C)CC1(c2nnc(Br)o2)CCCC1. The summed E-state index contributed by atoms with van der Waals surface area (Å²) >= 11 is 3.23. The highest BCUT2D eigenvalue weighted by atomic mass is 79.9. The number of nitrogens with zero attached hydrogens (tertiary/aromatic N) is 2. The van der Waals surface area contributed by atoms with Gasteiger partial charge in [-0.25, -0.2) is 0 Å². The molecule has 2 rings (SSSR count). The average Bonchev–Trinajstić information content (AvgIpc) is 2.73. The number of hydrogen-bond donors (Lipinski definition) is 0. The lowest BCUT2D eigenvalue weighted by Crippen LogP contribution is -2.24. The van der Waals surface area contributed by atoms with Crippen LogP contribution in [0, 0.1) is 5.92 Å². The molecule has 0 aliphatic heterocycles. The summed E-state index contributed by atoms with van der Waals surface area (Å²) in [5, 5.41) is 8.07. The van der Waals surface area contributed by atoms with Crippen LogP contribution >= 0.6 is 15.9 Å². The van der Waals surface area contributed by atoms with Gasteiger partial charge in [0.2, 0.25) is 5.89 Å². The zero-order valence-corrected chi connectivity index (χ0v) is 10.9. The van der Waals surface area contributed by atoms with Crippen LogP contribution < -0.4 is 0 Å². The minimum Gasteiger partial charge on any atom is -0.415 e. The van der Waals surface area contributed by atoms with Crippen molar-refractivity contribution in [1.29, 1.82) is 0 Å². The zero-order chi connectivity index (χ0) is 10.9. The average molecular weight is 273 g/mol. The molecule has 0 atom stereocenters. The van der Waals surface area contributed by atoms with Gasteiger partial charge in [0.1, 0.15) is 0 Å². The molecule has 0 radical (unpaired) electrons. The topological polar surface area (TPSA) is 38.9 Å². The summed E-state index contributed by atoms with van der Waals surface area (Å²) in [6.07, 6.45) is 6.11. The van der Waals surface area contributed by atoms with E-state index >= 15 is 0 Å². The van der Waals surface area contributed by atoms with Crippen molar-refractivity contribution in [2.24, 2.45) is 5.92 Å².